The Hall–Kier alpha value is -1.06. The van der Waals surface area contributed by atoms with E-state index in [4.69, 9.17) is 0 Å². The third kappa shape index (κ3) is 4.26. The van der Waals surface area contributed by atoms with Crippen LogP contribution < -0.4 is 5.32 Å². The molecule has 1 N–H and O–H groups in total. The summed E-state index contributed by atoms with van der Waals surface area (Å²) in [5.74, 6) is 0.718. The van der Waals surface area contributed by atoms with Gasteiger partial charge in [0.25, 0.3) is 0 Å². The van der Waals surface area contributed by atoms with Crippen LogP contribution in [0.3, 0.4) is 0 Å². The van der Waals surface area contributed by atoms with Crippen LogP contribution in [0.1, 0.15) is 43.0 Å². The second-order valence-corrected chi connectivity index (χ2v) is 7.68. The van der Waals surface area contributed by atoms with Gasteiger partial charge in [-0.3, -0.25) is 4.90 Å². The fourth-order valence-corrected chi connectivity index (χ4v) is 4.31. The van der Waals surface area contributed by atoms with Crippen LogP contribution in [0, 0.1) is 5.92 Å². The fraction of sp³-hybridized carbons (Fsp3) is 0.455. The van der Waals surface area contributed by atoms with Crippen LogP contribution in [0.5, 0.6) is 0 Å². The Morgan fingerprint density at radius 3 is 2.35 bits per heavy atom. The Morgan fingerprint density at radius 2 is 1.62 bits per heavy atom. The molecule has 26 heavy (non-hydrogen) atoms. The van der Waals surface area contributed by atoms with Gasteiger partial charge < -0.3 is 5.32 Å². The molecule has 1 saturated heterocycles. The van der Waals surface area contributed by atoms with Crippen molar-refractivity contribution in [3.05, 3.63) is 59.2 Å². The van der Waals surface area contributed by atoms with Crippen molar-refractivity contribution in [2.45, 2.75) is 32.7 Å². The molecule has 2 nitrogen and oxygen atoms in total. The van der Waals surface area contributed by atoms with Gasteiger partial charge in [-0.25, -0.2) is 0 Å². The zero-order chi connectivity index (χ0) is 16.5. The van der Waals surface area contributed by atoms with Crippen LogP contribution in [0.15, 0.2) is 42.5 Å². The molecule has 0 radical (unpaired) electrons. The topological polar surface area (TPSA) is 15.3 Å². The van der Waals surface area contributed by atoms with Gasteiger partial charge in [0.05, 0.1) is 0 Å². The Bertz CT molecular complexity index is 724. The van der Waals surface area contributed by atoms with Crippen molar-refractivity contribution < 1.29 is 0 Å². The molecule has 4 heteroatoms. The molecular formula is C22H30Cl2N2. The number of piperazine rings is 1. The minimum Gasteiger partial charge on any atom is -0.314 e. The van der Waals surface area contributed by atoms with Crippen molar-refractivity contribution in [1.82, 2.24) is 10.2 Å². The number of rotatable bonds is 4. The molecule has 0 bridgehead atoms. The van der Waals surface area contributed by atoms with Gasteiger partial charge in [-0.15, -0.1) is 24.8 Å². The first-order valence-corrected chi connectivity index (χ1v) is 9.38. The largest absolute Gasteiger partial charge is 0.314 e. The average Bonchev–Trinajstić information content (AvgIpc) is 2.98. The maximum atomic E-state index is 3.49. The molecule has 2 aliphatic rings. The van der Waals surface area contributed by atoms with Gasteiger partial charge in [0.15, 0.2) is 0 Å². The van der Waals surface area contributed by atoms with E-state index in [1.807, 2.05) is 0 Å². The van der Waals surface area contributed by atoms with Gasteiger partial charge in [-0.2, -0.15) is 0 Å². The highest BCUT2D eigenvalue weighted by Crippen LogP contribution is 2.39. The lowest BCUT2D eigenvalue weighted by Gasteiger charge is -2.36. The first-order valence-electron chi connectivity index (χ1n) is 9.38. The third-order valence-corrected chi connectivity index (χ3v) is 5.49. The van der Waals surface area contributed by atoms with Gasteiger partial charge in [-0.1, -0.05) is 56.3 Å². The fourth-order valence-electron chi connectivity index (χ4n) is 4.31. The molecule has 1 aliphatic carbocycles. The quantitative estimate of drug-likeness (QED) is 0.664. The van der Waals surface area contributed by atoms with E-state index >= 15 is 0 Å². The maximum Gasteiger partial charge on any atom is 0.0351 e. The van der Waals surface area contributed by atoms with Crippen LogP contribution in [0.2, 0.25) is 0 Å². The first kappa shape index (κ1) is 21.2. The molecule has 1 heterocycles. The standard InChI is InChI=1S/C22H28N2.2ClH/c1-16(2)13-22(24-11-9-23-10-12-24)18-7-8-21-19(15-18)14-17-5-3-4-6-20(17)21;;/h3-8,15-16,22-23H,9-14H2,1-2H3;2*1H/t22-;;/m1../s1. The Kier molecular flexibility index (Phi) is 7.54. The minimum atomic E-state index is 0. The summed E-state index contributed by atoms with van der Waals surface area (Å²) < 4.78 is 0. The van der Waals surface area contributed by atoms with Crippen LogP contribution >= 0.6 is 24.8 Å². The maximum absolute atomic E-state index is 3.49. The summed E-state index contributed by atoms with van der Waals surface area (Å²) in [6, 6.07) is 16.7. The summed E-state index contributed by atoms with van der Waals surface area (Å²) in [4.78, 5) is 2.68. The number of fused-ring (bicyclic) bond motifs is 3. The van der Waals surface area contributed by atoms with Crippen molar-refractivity contribution in [1.29, 1.82) is 0 Å². The van der Waals surface area contributed by atoms with Gasteiger partial charge >= 0.3 is 0 Å². The normalized spacial score (nSPS) is 17.0. The molecule has 0 amide bonds. The zero-order valence-corrected chi connectivity index (χ0v) is 17.3. The minimum absolute atomic E-state index is 0. The summed E-state index contributed by atoms with van der Waals surface area (Å²) in [6.45, 7) is 9.25. The Labute approximate surface area is 170 Å². The van der Waals surface area contributed by atoms with Crippen LogP contribution in [0.4, 0.5) is 0 Å². The lowest BCUT2D eigenvalue weighted by Crippen LogP contribution is -2.45. The number of hydrogen-bond donors (Lipinski definition) is 1. The number of nitrogens with one attached hydrogen (secondary N) is 1. The van der Waals surface area contributed by atoms with Gasteiger partial charge in [0, 0.05) is 32.2 Å². The molecule has 0 spiro atoms. The zero-order valence-electron chi connectivity index (χ0n) is 15.7. The van der Waals surface area contributed by atoms with Crippen LogP contribution in [-0.2, 0) is 6.42 Å². The highest BCUT2D eigenvalue weighted by Gasteiger charge is 2.25. The predicted molar refractivity (Wildman–Crippen MR) is 116 cm³/mol. The highest BCUT2D eigenvalue weighted by molar-refractivity contribution is 5.85. The van der Waals surface area contributed by atoms with Crippen LogP contribution in [-0.4, -0.2) is 31.1 Å². The van der Waals surface area contributed by atoms with Crippen molar-refractivity contribution in [2.75, 3.05) is 26.2 Å². The van der Waals surface area contributed by atoms with E-state index in [2.05, 4.69) is 66.5 Å². The molecule has 0 saturated carbocycles. The van der Waals surface area contributed by atoms with E-state index in [0.29, 0.717) is 6.04 Å². The second-order valence-electron chi connectivity index (χ2n) is 7.68. The average molecular weight is 393 g/mol. The number of benzene rings is 2. The van der Waals surface area contributed by atoms with E-state index in [-0.39, 0.29) is 24.8 Å². The summed E-state index contributed by atoms with van der Waals surface area (Å²) in [6.07, 6.45) is 2.33. The van der Waals surface area contributed by atoms with E-state index in [9.17, 15) is 0 Å². The van der Waals surface area contributed by atoms with Crippen LogP contribution in [0.25, 0.3) is 11.1 Å². The Balaban J connectivity index is 0.00000121. The smallest absolute Gasteiger partial charge is 0.0351 e. The predicted octanol–water partition coefficient (Wildman–Crippen LogP) is 5.09. The summed E-state index contributed by atoms with van der Waals surface area (Å²) >= 11 is 0. The van der Waals surface area contributed by atoms with Crippen molar-refractivity contribution in [2.24, 2.45) is 5.92 Å². The summed E-state index contributed by atoms with van der Waals surface area (Å²) in [5, 5.41) is 3.49. The second kappa shape index (κ2) is 9.23. The van der Waals surface area contributed by atoms with Crippen molar-refractivity contribution in [3.63, 3.8) is 0 Å². The lowest BCUT2D eigenvalue weighted by atomic mass is 9.92. The summed E-state index contributed by atoms with van der Waals surface area (Å²) in [5.41, 5.74) is 7.38. The number of hydrogen-bond acceptors (Lipinski definition) is 2. The molecule has 0 aromatic heterocycles. The van der Waals surface area contributed by atoms with Gasteiger partial charge in [-0.05, 0) is 46.6 Å². The van der Waals surface area contributed by atoms with Crippen molar-refractivity contribution >= 4 is 24.8 Å². The highest BCUT2D eigenvalue weighted by atomic mass is 35.5. The molecule has 0 unspecified atom stereocenters. The van der Waals surface area contributed by atoms with Gasteiger partial charge in [0.2, 0.25) is 0 Å². The Morgan fingerprint density at radius 1 is 0.923 bits per heavy atom. The number of nitrogens with zero attached hydrogens (tertiary/aromatic N) is 1. The number of halogens is 2. The molecule has 1 fully saturated rings. The molecular weight excluding hydrogens is 363 g/mol. The molecule has 2 aromatic rings. The SMILES string of the molecule is CC(C)C[C@H](c1ccc2c(c1)Cc1ccccc1-2)N1CCNCC1.Cl.Cl. The van der Waals surface area contributed by atoms with E-state index < -0.39 is 0 Å². The van der Waals surface area contributed by atoms with Crippen molar-refractivity contribution in [3.8, 4) is 11.1 Å². The third-order valence-electron chi connectivity index (χ3n) is 5.49. The van der Waals surface area contributed by atoms with Gasteiger partial charge in [0.1, 0.15) is 0 Å². The first-order chi connectivity index (χ1) is 11.7. The van der Waals surface area contributed by atoms with E-state index in [1.54, 1.807) is 0 Å². The summed E-state index contributed by atoms with van der Waals surface area (Å²) in [7, 11) is 0. The van der Waals surface area contributed by atoms with E-state index in [1.165, 1.54) is 34.2 Å². The lowest BCUT2D eigenvalue weighted by molar-refractivity contribution is 0.154. The molecule has 1 aliphatic heterocycles. The molecule has 142 valence electrons. The molecule has 1 atom stereocenters. The molecule has 4 rings (SSSR count). The van der Waals surface area contributed by atoms with E-state index in [0.717, 1.165) is 38.5 Å². The molecule has 2 aromatic carbocycles. The monoisotopic (exact) mass is 392 g/mol.